The summed E-state index contributed by atoms with van der Waals surface area (Å²) in [5.74, 6) is 1.07. The number of benzene rings is 2. The number of hydrogen-bond donors (Lipinski definition) is 1. The lowest BCUT2D eigenvalue weighted by atomic mass is 9.91. The van der Waals surface area contributed by atoms with Crippen LogP contribution in [0.4, 0.5) is 0 Å². The minimum Gasteiger partial charge on any atom is -0.496 e. The number of fused-ring (bicyclic) bond motifs is 1. The second-order valence-corrected chi connectivity index (χ2v) is 6.24. The van der Waals surface area contributed by atoms with Gasteiger partial charge < -0.3 is 15.0 Å². The van der Waals surface area contributed by atoms with Gasteiger partial charge in [-0.15, -0.1) is 0 Å². The first-order valence-corrected chi connectivity index (χ1v) is 8.08. The second kappa shape index (κ2) is 6.65. The van der Waals surface area contributed by atoms with E-state index in [9.17, 15) is 0 Å². The van der Waals surface area contributed by atoms with Crippen molar-refractivity contribution in [2.24, 2.45) is 12.8 Å². The molecule has 1 aromatic heterocycles. The van der Waals surface area contributed by atoms with Gasteiger partial charge in [-0.25, -0.2) is 0 Å². The molecule has 1 atom stereocenters. The Morgan fingerprint density at radius 3 is 2.74 bits per heavy atom. The largest absolute Gasteiger partial charge is 0.496 e. The lowest BCUT2D eigenvalue weighted by molar-refractivity contribution is 0.408. The zero-order chi connectivity index (χ0) is 16.4. The number of nitrogens with two attached hydrogens (primary N) is 1. The van der Waals surface area contributed by atoms with E-state index in [1.54, 1.807) is 7.11 Å². The quantitative estimate of drug-likeness (QED) is 0.765. The molecule has 120 valence electrons. The predicted molar refractivity (Wildman–Crippen MR) is 96.4 cm³/mol. The molecule has 2 N–H and O–H groups in total. The maximum absolute atomic E-state index is 6.15. The highest BCUT2D eigenvalue weighted by molar-refractivity contribution is 6.30. The first kappa shape index (κ1) is 15.9. The van der Waals surface area contributed by atoms with Crippen LogP contribution in [-0.2, 0) is 13.5 Å². The molecule has 0 saturated heterocycles. The highest BCUT2D eigenvalue weighted by atomic mass is 35.5. The summed E-state index contributed by atoms with van der Waals surface area (Å²) in [5.41, 5.74) is 9.68. The van der Waals surface area contributed by atoms with Crippen LogP contribution >= 0.6 is 11.6 Å². The number of rotatable bonds is 5. The number of hydrogen-bond acceptors (Lipinski definition) is 2. The number of aryl methyl sites for hydroxylation is 1. The van der Waals surface area contributed by atoms with Crippen molar-refractivity contribution in [3.05, 3.63) is 64.8 Å². The van der Waals surface area contributed by atoms with Crippen LogP contribution < -0.4 is 10.5 Å². The van der Waals surface area contributed by atoms with Gasteiger partial charge >= 0.3 is 0 Å². The van der Waals surface area contributed by atoms with Gasteiger partial charge in [-0.2, -0.15) is 0 Å². The van der Waals surface area contributed by atoms with Crippen LogP contribution in [0.1, 0.15) is 17.0 Å². The van der Waals surface area contributed by atoms with Gasteiger partial charge in [0.2, 0.25) is 0 Å². The van der Waals surface area contributed by atoms with E-state index in [-0.39, 0.29) is 5.92 Å². The first-order chi connectivity index (χ1) is 11.1. The third kappa shape index (κ3) is 3.07. The van der Waals surface area contributed by atoms with Gasteiger partial charge in [-0.3, -0.25) is 0 Å². The Hall–Kier alpha value is -1.97. The fraction of sp³-hybridized carbons (Fsp3) is 0.263. The van der Waals surface area contributed by atoms with Crippen molar-refractivity contribution >= 4 is 22.5 Å². The standard InChI is InChI=1S/C19H21ClN2O/c1-22-12-17(16-5-3-4-6-18(16)22)14(11-21)9-13-10-15(20)7-8-19(13)23-2/h3-8,10,12,14H,9,11,21H2,1-2H3. The van der Waals surface area contributed by atoms with Crippen LogP contribution in [-0.4, -0.2) is 18.2 Å². The molecule has 0 aliphatic heterocycles. The third-order valence-electron chi connectivity index (χ3n) is 4.36. The van der Waals surface area contributed by atoms with E-state index in [4.69, 9.17) is 22.1 Å². The van der Waals surface area contributed by atoms with Crippen molar-refractivity contribution in [2.45, 2.75) is 12.3 Å². The summed E-state index contributed by atoms with van der Waals surface area (Å²) >= 11 is 6.15. The van der Waals surface area contributed by atoms with Crippen molar-refractivity contribution in [2.75, 3.05) is 13.7 Å². The zero-order valence-electron chi connectivity index (χ0n) is 13.4. The van der Waals surface area contributed by atoms with Gasteiger partial charge in [0.05, 0.1) is 7.11 Å². The number of nitrogens with zero attached hydrogens (tertiary/aromatic N) is 1. The van der Waals surface area contributed by atoms with E-state index >= 15 is 0 Å². The Labute approximate surface area is 141 Å². The minimum atomic E-state index is 0.216. The number of ether oxygens (including phenoxy) is 1. The van der Waals surface area contributed by atoms with Crippen LogP contribution in [0, 0.1) is 0 Å². The lowest BCUT2D eigenvalue weighted by Crippen LogP contribution is -2.15. The molecule has 1 unspecified atom stereocenters. The molecule has 0 radical (unpaired) electrons. The molecule has 0 saturated carbocycles. The third-order valence-corrected chi connectivity index (χ3v) is 4.60. The summed E-state index contributed by atoms with van der Waals surface area (Å²) in [6, 6.07) is 14.1. The molecule has 3 rings (SSSR count). The maximum Gasteiger partial charge on any atom is 0.122 e. The molecule has 0 aliphatic carbocycles. The van der Waals surface area contributed by atoms with E-state index in [0.717, 1.165) is 22.8 Å². The van der Waals surface area contributed by atoms with E-state index in [1.807, 2.05) is 18.2 Å². The van der Waals surface area contributed by atoms with Gasteiger partial charge in [0, 0.05) is 35.1 Å². The summed E-state index contributed by atoms with van der Waals surface area (Å²) in [7, 11) is 3.75. The Morgan fingerprint density at radius 1 is 1.22 bits per heavy atom. The Morgan fingerprint density at radius 2 is 2.00 bits per heavy atom. The number of para-hydroxylation sites is 1. The molecule has 23 heavy (non-hydrogen) atoms. The minimum absolute atomic E-state index is 0.216. The smallest absolute Gasteiger partial charge is 0.122 e. The lowest BCUT2D eigenvalue weighted by Gasteiger charge is -2.17. The average Bonchev–Trinajstić information content (AvgIpc) is 2.90. The molecule has 0 amide bonds. The molecule has 1 heterocycles. The highest BCUT2D eigenvalue weighted by Crippen LogP contribution is 2.32. The molecule has 3 nitrogen and oxygen atoms in total. The monoisotopic (exact) mass is 328 g/mol. The van der Waals surface area contributed by atoms with Gasteiger partial charge in [0.25, 0.3) is 0 Å². The summed E-state index contributed by atoms with van der Waals surface area (Å²) in [6.07, 6.45) is 2.98. The maximum atomic E-state index is 6.15. The van der Waals surface area contributed by atoms with Crippen molar-refractivity contribution < 1.29 is 4.74 Å². The van der Waals surface area contributed by atoms with Gasteiger partial charge in [0.15, 0.2) is 0 Å². The highest BCUT2D eigenvalue weighted by Gasteiger charge is 2.18. The number of halogens is 1. The zero-order valence-corrected chi connectivity index (χ0v) is 14.2. The van der Waals surface area contributed by atoms with Crippen LogP contribution in [0.15, 0.2) is 48.7 Å². The van der Waals surface area contributed by atoms with E-state index < -0.39 is 0 Å². The Kier molecular flexibility index (Phi) is 4.60. The second-order valence-electron chi connectivity index (χ2n) is 5.81. The number of methoxy groups -OCH3 is 1. The van der Waals surface area contributed by atoms with E-state index in [1.165, 1.54) is 16.5 Å². The first-order valence-electron chi connectivity index (χ1n) is 7.70. The van der Waals surface area contributed by atoms with Crippen LogP contribution in [0.2, 0.25) is 5.02 Å². The van der Waals surface area contributed by atoms with Crippen molar-refractivity contribution in [1.29, 1.82) is 0 Å². The predicted octanol–water partition coefficient (Wildman–Crippen LogP) is 4.13. The van der Waals surface area contributed by atoms with Crippen molar-refractivity contribution in [3.63, 3.8) is 0 Å². The SMILES string of the molecule is COc1ccc(Cl)cc1CC(CN)c1cn(C)c2ccccc12. The summed E-state index contributed by atoms with van der Waals surface area (Å²) in [5, 5.41) is 1.97. The summed E-state index contributed by atoms with van der Waals surface area (Å²) in [6.45, 7) is 0.573. The van der Waals surface area contributed by atoms with Gasteiger partial charge in [-0.05, 0) is 48.4 Å². The fourth-order valence-electron chi connectivity index (χ4n) is 3.19. The fourth-order valence-corrected chi connectivity index (χ4v) is 3.39. The van der Waals surface area contributed by atoms with Crippen LogP contribution in [0.5, 0.6) is 5.75 Å². The molecule has 0 bridgehead atoms. The van der Waals surface area contributed by atoms with Crippen LogP contribution in [0.3, 0.4) is 0 Å². The van der Waals surface area contributed by atoms with Crippen LogP contribution in [0.25, 0.3) is 10.9 Å². The van der Waals surface area contributed by atoms with E-state index in [2.05, 4.69) is 42.1 Å². The Bertz CT molecular complexity index is 825. The molecule has 3 aromatic rings. The van der Waals surface area contributed by atoms with Crippen molar-refractivity contribution in [3.8, 4) is 5.75 Å². The molecular formula is C19H21ClN2O. The molecule has 2 aromatic carbocycles. The molecule has 0 aliphatic rings. The normalized spacial score (nSPS) is 12.5. The molecule has 0 fully saturated rings. The number of aromatic nitrogens is 1. The molecule has 0 spiro atoms. The van der Waals surface area contributed by atoms with Crippen molar-refractivity contribution in [1.82, 2.24) is 4.57 Å². The van der Waals surface area contributed by atoms with Gasteiger partial charge in [0.1, 0.15) is 5.75 Å². The topological polar surface area (TPSA) is 40.2 Å². The average molecular weight is 329 g/mol. The van der Waals surface area contributed by atoms with E-state index in [0.29, 0.717) is 6.54 Å². The Balaban J connectivity index is 2.01. The summed E-state index contributed by atoms with van der Waals surface area (Å²) in [4.78, 5) is 0. The molecule has 4 heteroatoms. The summed E-state index contributed by atoms with van der Waals surface area (Å²) < 4.78 is 7.62. The van der Waals surface area contributed by atoms with Gasteiger partial charge in [-0.1, -0.05) is 29.8 Å². The molecular weight excluding hydrogens is 308 g/mol.